The second-order valence-corrected chi connectivity index (χ2v) is 4.98. The first-order chi connectivity index (χ1) is 11.1. The van der Waals surface area contributed by atoms with Crippen LogP contribution < -0.4 is 5.48 Å². The number of unbranched alkanes of at least 4 members (excludes halogenated alkanes) is 1. The molecule has 1 aliphatic rings. The van der Waals surface area contributed by atoms with Crippen molar-refractivity contribution in [2.24, 2.45) is 0 Å². The van der Waals surface area contributed by atoms with Crippen molar-refractivity contribution < 1.29 is 29.2 Å². The van der Waals surface area contributed by atoms with E-state index < -0.39 is 23.9 Å². The second kappa shape index (κ2) is 7.82. The van der Waals surface area contributed by atoms with Gasteiger partial charge in [0.2, 0.25) is 0 Å². The third kappa shape index (κ3) is 3.92. The molecule has 1 aromatic carbocycles. The number of amides is 2. The van der Waals surface area contributed by atoms with Crippen LogP contribution in [0.25, 0.3) is 0 Å². The third-order valence-electron chi connectivity index (χ3n) is 3.40. The van der Waals surface area contributed by atoms with Gasteiger partial charge in [0.1, 0.15) is 0 Å². The molecule has 8 nitrogen and oxygen atoms in total. The third-order valence-corrected chi connectivity index (χ3v) is 3.40. The minimum absolute atomic E-state index is 0.175. The second-order valence-electron chi connectivity index (χ2n) is 4.98. The van der Waals surface area contributed by atoms with Gasteiger partial charge >= 0.3 is 5.97 Å². The Kier molecular flexibility index (Phi) is 5.80. The molecule has 2 rings (SSSR count). The van der Waals surface area contributed by atoms with E-state index in [2.05, 4.69) is 10.3 Å². The number of hydroxylamine groups is 3. The van der Waals surface area contributed by atoms with Gasteiger partial charge in [-0.1, -0.05) is 12.1 Å². The van der Waals surface area contributed by atoms with E-state index >= 15 is 0 Å². The van der Waals surface area contributed by atoms with Gasteiger partial charge < -0.3 is 9.94 Å². The predicted molar refractivity (Wildman–Crippen MR) is 78.3 cm³/mol. The lowest BCUT2D eigenvalue weighted by Crippen LogP contribution is -2.38. The highest BCUT2D eigenvalue weighted by molar-refractivity contribution is 6.20. The van der Waals surface area contributed by atoms with Gasteiger partial charge in [-0.05, 0) is 31.4 Å². The maximum atomic E-state index is 12.1. The average Bonchev–Trinajstić information content (AvgIpc) is 2.78. The summed E-state index contributed by atoms with van der Waals surface area (Å²) in [5, 5.41) is 9.75. The van der Waals surface area contributed by atoms with E-state index in [1.54, 1.807) is 12.1 Å². The summed E-state index contributed by atoms with van der Waals surface area (Å²) in [6, 6.07) is 6.27. The van der Waals surface area contributed by atoms with Gasteiger partial charge in [0.25, 0.3) is 11.8 Å². The number of fused-ring (bicyclic) bond motifs is 1. The normalized spacial score (nSPS) is 14.9. The summed E-state index contributed by atoms with van der Waals surface area (Å²) in [6.07, 6.45) is 0.119. The van der Waals surface area contributed by atoms with Gasteiger partial charge in [-0.25, -0.2) is 15.1 Å². The molecule has 8 heteroatoms. The van der Waals surface area contributed by atoms with Crippen LogP contribution in [0.3, 0.4) is 0 Å². The Morgan fingerprint density at radius 2 is 1.83 bits per heavy atom. The van der Waals surface area contributed by atoms with Crippen LogP contribution in [0.5, 0.6) is 0 Å². The highest BCUT2D eigenvalue weighted by atomic mass is 16.7. The quantitative estimate of drug-likeness (QED) is 0.397. The van der Waals surface area contributed by atoms with Gasteiger partial charge in [0, 0.05) is 6.54 Å². The lowest BCUT2D eigenvalue weighted by molar-refractivity contribution is -0.175. The fourth-order valence-corrected chi connectivity index (χ4v) is 2.24. The number of carboxylic acid groups (broad SMARTS) is 1. The molecule has 1 aliphatic heterocycles. The SMILES string of the molecule is CONCCCCC(ON1C(=O)c2ccccc2C1=O)C(=O)O. The minimum Gasteiger partial charge on any atom is -0.479 e. The average molecular weight is 322 g/mol. The number of imide groups is 1. The van der Waals surface area contributed by atoms with Gasteiger partial charge in [-0.2, -0.15) is 0 Å². The van der Waals surface area contributed by atoms with E-state index in [1.165, 1.54) is 19.2 Å². The van der Waals surface area contributed by atoms with Crippen LogP contribution in [0.15, 0.2) is 24.3 Å². The summed E-state index contributed by atoms with van der Waals surface area (Å²) in [5.41, 5.74) is 3.07. The summed E-state index contributed by atoms with van der Waals surface area (Å²) < 4.78 is 0. The molecule has 124 valence electrons. The van der Waals surface area contributed by atoms with E-state index in [0.717, 1.165) is 0 Å². The first-order valence-electron chi connectivity index (χ1n) is 7.19. The molecule has 1 heterocycles. The number of nitrogens with one attached hydrogen (secondary N) is 1. The zero-order valence-corrected chi connectivity index (χ0v) is 12.7. The molecular formula is C15H18N2O6. The number of hydrogen-bond acceptors (Lipinski definition) is 6. The Hall–Kier alpha value is -2.29. The summed E-state index contributed by atoms with van der Waals surface area (Å²) in [4.78, 5) is 45.4. The first-order valence-corrected chi connectivity index (χ1v) is 7.19. The Labute approximate surface area is 132 Å². The lowest BCUT2D eigenvalue weighted by atomic mass is 10.1. The Morgan fingerprint density at radius 1 is 1.22 bits per heavy atom. The van der Waals surface area contributed by atoms with Crippen molar-refractivity contribution in [2.45, 2.75) is 25.4 Å². The van der Waals surface area contributed by atoms with E-state index in [-0.39, 0.29) is 17.5 Å². The maximum absolute atomic E-state index is 12.1. The van der Waals surface area contributed by atoms with Crippen molar-refractivity contribution in [3.05, 3.63) is 35.4 Å². The van der Waals surface area contributed by atoms with Crippen molar-refractivity contribution in [2.75, 3.05) is 13.7 Å². The standard InChI is InChI=1S/C15H18N2O6/c1-22-16-9-5-4-8-12(15(20)21)23-17-13(18)10-6-2-3-7-11(10)14(17)19/h2-3,6-7,12,16H,4-5,8-9H2,1H3,(H,20,21). The van der Waals surface area contributed by atoms with Crippen LogP contribution in [0, 0.1) is 0 Å². The molecule has 1 unspecified atom stereocenters. The smallest absolute Gasteiger partial charge is 0.335 e. The highest BCUT2D eigenvalue weighted by Crippen LogP contribution is 2.24. The molecule has 0 saturated carbocycles. The van der Waals surface area contributed by atoms with E-state index in [1.807, 2.05) is 0 Å². The molecule has 0 aromatic heterocycles. The number of benzene rings is 1. The molecule has 2 amide bonds. The molecule has 0 saturated heterocycles. The van der Waals surface area contributed by atoms with Crippen molar-refractivity contribution in [1.82, 2.24) is 10.5 Å². The number of carboxylic acids is 1. The van der Waals surface area contributed by atoms with Crippen molar-refractivity contribution in [3.63, 3.8) is 0 Å². The Morgan fingerprint density at radius 3 is 2.35 bits per heavy atom. The highest BCUT2D eigenvalue weighted by Gasteiger charge is 2.39. The fourth-order valence-electron chi connectivity index (χ4n) is 2.24. The van der Waals surface area contributed by atoms with Crippen molar-refractivity contribution in [1.29, 1.82) is 0 Å². The number of nitrogens with zero attached hydrogens (tertiary/aromatic N) is 1. The van der Waals surface area contributed by atoms with E-state index in [0.29, 0.717) is 24.4 Å². The Balaban J connectivity index is 1.97. The molecule has 1 atom stereocenters. The van der Waals surface area contributed by atoms with Crippen LogP contribution in [0.2, 0.25) is 0 Å². The minimum atomic E-state index is -1.26. The number of hydrogen-bond donors (Lipinski definition) is 2. The summed E-state index contributed by atoms with van der Waals surface area (Å²) >= 11 is 0. The fraction of sp³-hybridized carbons (Fsp3) is 0.400. The lowest BCUT2D eigenvalue weighted by Gasteiger charge is -2.19. The van der Waals surface area contributed by atoms with Crippen LogP contribution in [-0.4, -0.2) is 47.7 Å². The molecule has 0 bridgehead atoms. The molecule has 0 aliphatic carbocycles. The predicted octanol–water partition coefficient (Wildman–Crippen LogP) is 0.989. The van der Waals surface area contributed by atoms with Gasteiger partial charge in [0.05, 0.1) is 18.2 Å². The molecule has 0 radical (unpaired) electrons. The molecular weight excluding hydrogens is 304 g/mol. The van der Waals surface area contributed by atoms with Crippen LogP contribution >= 0.6 is 0 Å². The summed E-state index contributed by atoms with van der Waals surface area (Å²) in [7, 11) is 1.49. The maximum Gasteiger partial charge on any atom is 0.335 e. The zero-order valence-electron chi connectivity index (χ0n) is 12.7. The topological polar surface area (TPSA) is 105 Å². The van der Waals surface area contributed by atoms with Crippen molar-refractivity contribution in [3.8, 4) is 0 Å². The van der Waals surface area contributed by atoms with Gasteiger partial charge in [-0.15, -0.1) is 5.06 Å². The zero-order chi connectivity index (χ0) is 16.8. The van der Waals surface area contributed by atoms with E-state index in [9.17, 15) is 19.5 Å². The first kappa shape index (κ1) is 17.1. The van der Waals surface area contributed by atoms with Crippen molar-refractivity contribution >= 4 is 17.8 Å². The molecule has 1 aromatic rings. The van der Waals surface area contributed by atoms with Gasteiger partial charge in [0.15, 0.2) is 6.10 Å². The number of aliphatic carboxylic acids is 1. The van der Waals surface area contributed by atoms with Crippen LogP contribution in [0.4, 0.5) is 0 Å². The van der Waals surface area contributed by atoms with Crippen LogP contribution in [-0.2, 0) is 14.5 Å². The summed E-state index contributed by atoms with van der Waals surface area (Å²) in [5.74, 6) is -2.50. The Bertz CT molecular complexity index is 568. The number of rotatable bonds is 9. The largest absolute Gasteiger partial charge is 0.479 e. The van der Waals surface area contributed by atoms with Crippen LogP contribution in [0.1, 0.15) is 40.0 Å². The molecule has 0 fully saturated rings. The monoisotopic (exact) mass is 322 g/mol. The summed E-state index contributed by atoms with van der Waals surface area (Å²) in [6.45, 7) is 0.565. The van der Waals surface area contributed by atoms with E-state index in [4.69, 9.17) is 4.84 Å². The van der Waals surface area contributed by atoms with Gasteiger partial charge in [-0.3, -0.25) is 9.59 Å². The number of carbonyl (C=O) groups is 3. The number of carbonyl (C=O) groups excluding carboxylic acids is 2. The molecule has 2 N–H and O–H groups in total. The molecule has 0 spiro atoms. The molecule has 23 heavy (non-hydrogen) atoms.